The number of rotatable bonds is 4. The van der Waals surface area contributed by atoms with Gasteiger partial charge in [0.2, 0.25) is 0 Å². The smallest absolute Gasteiger partial charge is 0.292 e. The number of fused-ring (bicyclic) bond motifs is 1. The van der Waals surface area contributed by atoms with Gasteiger partial charge < -0.3 is 4.74 Å². The zero-order valence-electron chi connectivity index (χ0n) is 13.1. The summed E-state index contributed by atoms with van der Waals surface area (Å²) < 4.78 is 5.93. The number of methoxy groups -OCH3 is 1. The Morgan fingerprint density at radius 1 is 1.28 bits per heavy atom. The van der Waals surface area contributed by atoms with E-state index in [0.29, 0.717) is 16.5 Å². The lowest BCUT2D eigenvalue weighted by molar-refractivity contribution is 0.0951. The second-order valence-corrected chi connectivity index (χ2v) is 5.89. The average Bonchev–Trinajstić information content (AvgIpc) is 2.62. The van der Waals surface area contributed by atoms with Crippen LogP contribution in [0.3, 0.4) is 0 Å². The Kier molecular flexibility index (Phi) is 4.90. The second-order valence-electron chi connectivity index (χ2n) is 5.04. The SMILES string of the molecule is COc1ccc(/C=N\NC(=O)c2n[nH]c(=O)c3ccccc23)cc1Br. The third-order valence-electron chi connectivity index (χ3n) is 3.47. The molecule has 25 heavy (non-hydrogen) atoms. The summed E-state index contributed by atoms with van der Waals surface area (Å²) in [5.41, 5.74) is 2.93. The van der Waals surface area contributed by atoms with Gasteiger partial charge in [-0.3, -0.25) is 9.59 Å². The minimum absolute atomic E-state index is 0.100. The molecule has 3 aromatic rings. The van der Waals surface area contributed by atoms with Crippen LogP contribution in [0.1, 0.15) is 16.1 Å². The van der Waals surface area contributed by atoms with Gasteiger partial charge in [-0.1, -0.05) is 18.2 Å². The van der Waals surface area contributed by atoms with Gasteiger partial charge in [0.15, 0.2) is 5.69 Å². The molecule has 0 bridgehead atoms. The van der Waals surface area contributed by atoms with Crippen molar-refractivity contribution in [3.63, 3.8) is 0 Å². The lowest BCUT2D eigenvalue weighted by Gasteiger charge is -2.04. The van der Waals surface area contributed by atoms with E-state index < -0.39 is 5.91 Å². The van der Waals surface area contributed by atoms with Gasteiger partial charge in [-0.15, -0.1) is 0 Å². The third kappa shape index (κ3) is 3.58. The first-order valence-electron chi connectivity index (χ1n) is 7.24. The van der Waals surface area contributed by atoms with Crippen molar-refractivity contribution in [3.05, 3.63) is 68.5 Å². The fourth-order valence-electron chi connectivity index (χ4n) is 2.27. The van der Waals surface area contributed by atoms with Gasteiger partial charge >= 0.3 is 0 Å². The standard InChI is InChI=1S/C17H13BrN4O3/c1-25-14-7-6-10(8-13(14)18)9-19-21-17(24)15-11-4-2-3-5-12(11)16(23)22-20-15/h2-9H,1H3,(H,21,24)(H,22,23)/b19-9-. The number of ether oxygens (including phenoxy) is 1. The summed E-state index contributed by atoms with van der Waals surface area (Å²) >= 11 is 3.38. The van der Waals surface area contributed by atoms with Crippen LogP contribution in [0.25, 0.3) is 10.8 Å². The summed E-state index contributed by atoms with van der Waals surface area (Å²) in [5.74, 6) is 0.182. The van der Waals surface area contributed by atoms with E-state index in [4.69, 9.17) is 4.74 Å². The van der Waals surface area contributed by atoms with E-state index >= 15 is 0 Å². The highest BCUT2D eigenvalue weighted by Gasteiger charge is 2.13. The number of hydrogen-bond donors (Lipinski definition) is 2. The molecule has 1 aromatic heterocycles. The lowest BCUT2D eigenvalue weighted by Crippen LogP contribution is -2.22. The summed E-state index contributed by atoms with van der Waals surface area (Å²) in [6.07, 6.45) is 1.50. The molecule has 0 saturated carbocycles. The van der Waals surface area contributed by atoms with E-state index in [9.17, 15) is 9.59 Å². The number of H-pyrrole nitrogens is 1. The zero-order valence-corrected chi connectivity index (χ0v) is 14.7. The van der Waals surface area contributed by atoms with Crippen LogP contribution in [0.15, 0.2) is 56.8 Å². The third-order valence-corrected chi connectivity index (χ3v) is 4.09. The molecule has 0 aliphatic carbocycles. The molecular weight excluding hydrogens is 388 g/mol. The maximum absolute atomic E-state index is 12.3. The monoisotopic (exact) mass is 400 g/mol. The minimum Gasteiger partial charge on any atom is -0.496 e. The molecule has 1 heterocycles. The minimum atomic E-state index is -0.517. The Labute approximate surface area is 150 Å². The van der Waals surface area contributed by atoms with E-state index in [1.54, 1.807) is 43.5 Å². The molecule has 0 aliphatic heterocycles. The molecule has 0 saturated heterocycles. The maximum Gasteiger partial charge on any atom is 0.292 e. The first-order valence-corrected chi connectivity index (χ1v) is 8.04. The predicted octanol–water partition coefficient (Wildman–Crippen LogP) is 2.46. The topological polar surface area (TPSA) is 96.4 Å². The van der Waals surface area contributed by atoms with Gasteiger partial charge in [0.25, 0.3) is 11.5 Å². The molecule has 0 spiro atoms. The maximum atomic E-state index is 12.3. The molecule has 2 aromatic carbocycles. The molecule has 3 rings (SSSR count). The van der Waals surface area contributed by atoms with Crippen molar-refractivity contribution in [2.75, 3.05) is 7.11 Å². The first-order chi connectivity index (χ1) is 12.1. The molecule has 2 N–H and O–H groups in total. The fraction of sp³-hybridized carbons (Fsp3) is 0.0588. The largest absolute Gasteiger partial charge is 0.496 e. The van der Waals surface area contributed by atoms with E-state index in [0.717, 1.165) is 10.0 Å². The number of amides is 1. The molecule has 7 nitrogen and oxygen atoms in total. The van der Waals surface area contributed by atoms with Crippen molar-refractivity contribution >= 4 is 38.8 Å². The number of hydrogen-bond acceptors (Lipinski definition) is 5. The predicted molar refractivity (Wildman–Crippen MR) is 98.1 cm³/mol. The molecule has 8 heteroatoms. The van der Waals surface area contributed by atoms with Gasteiger partial charge in [0.1, 0.15) is 5.75 Å². The van der Waals surface area contributed by atoms with Crippen LogP contribution < -0.4 is 15.7 Å². The van der Waals surface area contributed by atoms with E-state index in [2.05, 4.69) is 36.7 Å². The van der Waals surface area contributed by atoms with Crippen LogP contribution in [0.5, 0.6) is 5.75 Å². The van der Waals surface area contributed by atoms with Gasteiger partial charge in [-0.2, -0.15) is 10.2 Å². The number of hydrazone groups is 1. The summed E-state index contributed by atoms with van der Waals surface area (Å²) in [4.78, 5) is 24.0. The Morgan fingerprint density at radius 2 is 2.04 bits per heavy atom. The van der Waals surface area contributed by atoms with Crippen molar-refractivity contribution < 1.29 is 9.53 Å². The second kappa shape index (κ2) is 7.27. The van der Waals surface area contributed by atoms with Crippen LogP contribution in [0, 0.1) is 0 Å². The summed E-state index contributed by atoms with van der Waals surface area (Å²) in [5, 5.41) is 10.9. The Balaban J connectivity index is 1.80. The van der Waals surface area contributed by atoms with Crippen molar-refractivity contribution in [1.29, 1.82) is 0 Å². The summed E-state index contributed by atoms with van der Waals surface area (Å²) in [6.45, 7) is 0. The van der Waals surface area contributed by atoms with Crippen molar-refractivity contribution in [2.24, 2.45) is 5.10 Å². The molecule has 0 radical (unpaired) electrons. The van der Waals surface area contributed by atoms with Crippen LogP contribution in [-0.4, -0.2) is 29.4 Å². The quantitative estimate of drug-likeness (QED) is 0.519. The lowest BCUT2D eigenvalue weighted by atomic mass is 10.1. The number of nitrogens with one attached hydrogen (secondary N) is 2. The highest BCUT2D eigenvalue weighted by atomic mass is 79.9. The normalized spacial score (nSPS) is 11.0. The van der Waals surface area contributed by atoms with Crippen molar-refractivity contribution in [2.45, 2.75) is 0 Å². The molecule has 126 valence electrons. The Bertz CT molecular complexity index is 1030. The zero-order chi connectivity index (χ0) is 17.8. The average molecular weight is 401 g/mol. The summed E-state index contributed by atoms with van der Waals surface area (Å²) in [7, 11) is 1.58. The van der Waals surface area contributed by atoms with Gasteiger partial charge in [0, 0.05) is 5.39 Å². The van der Waals surface area contributed by atoms with Crippen LogP contribution in [0.2, 0.25) is 0 Å². The molecule has 0 fully saturated rings. The Hall–Kier alpha value is -3.00. The number of nitrogens with zero attached hydrogens (tertiary/aromatic N) is 2. The fourth-order valence-corrected chi connectivity index (χ4v) is 2.83. The van der Waals surface area contributed by atoms with Crippen molar-refractivity contribution in [3.8, 4) is 5.75 Å². The summed E-state index contributed by atoms with van der Waals surface area (Å²) in [6, 6.07) is 12.1. The Morgan fingerprint density at radius 3 is 2.76 bits per heavy atom. The number of aromatic amines is 1. The highest BCUT2D eigenvalue weighted by molar-refractivity contribution is 9.10. The van der Waals surface area contributed by atoms with Crippen LogP contribution in [-0.2, 0) is 0 Å². The van der Waals surface area contributed by atoms with Gasteiger partial charge in [-0.05, 0) is 45.8 Å². The van der Waals surface area contributed by atoms with Gasteiger partial charge in [0.05, 0.1) is 23.2 Å². The molecule has 0 atom stereocenters. The molecule has 0 unspecified atom stereocenters. The van der Waals surface area contributed by atoms with Crippen LogP contribution in [0.4, 0.5) is 0 Å². The molecular formula is C17H13BrN4O3. The first kappa shape index (κ1) is 16.8. The number of aromatic nitrogens is 2. The highest BCUT2D eigenvalue weighted by Crippen LogP contribution is 2.24. The molecule has 1 amide bonds. The number of halogens is 1. The number of benzene rings is 2. The van der Waals surface area contributed by atoms with Crippen molar-refractivity contribution in [1.82, 2.24) is 15.6 Å². The van der Waals surface area contributed by atoms with E-state index in [1.165, 1.54) is 6.21 Å². The van der Waals surface area contributed by atoms with E-state index in [1.807, 2.05) is 6.07 Å². The van der Waals surface area contributed by atoms with E-state index in [-0.39, 0.29) is 11.3 Å². The number of carbonyl (C=O) groups excluding carboxylic acids is 1. The van der Waals surface area contributed by atoms with Crippen LogP contribution >= 0.6 is 15.9 Å². The van der Waals surface area contributed by atoms with Gasteiger partial charge in [-0.25, -0.2) is 10.5 Å². The molecule has 0 aliphatic rings. The number of carbonyl (C=O) groups is 1.